The number of allylic oxidation sites excluding steroid dienone is 2. The smallest absolute Gasteiger partial charge is 0.238 e. The number of halogens is 1. The van der Waals surface area contributed by atoms with Gasteiger partial charge in [-0.1, -0.05) is 28.1 Å². The van der Waals surface area contributed by atoms with E-state index >= 15 is 0 Å². The fourth-order valence-corrected chi connectivity index (χ4v) is 3.17. The van der Waals surface area contributed by atoms with Gasteiger partial charge in [-0.05, 0) is 31.0 Å². The minimum atomic E-state index is -0.280. The Hall–Kier alpha value is -1.93. The number of amides is 2. The molecule has 3 rings (SSSR count). The van der Waals surface area contributed by atoms with Gasteiger partial charge >= 0.3 is 0 Å². The van der Waals surface area contributed by atoms with E-state index in [1.807, 2.05) is 18.2 Å². The van der Waals surface area contributed by atoms with Gasteiger partial charge < -0.3 is 0 Å². The fraction of sp³-hybridized carbons (Fsp3) is 0.267. The summed E-state index contributed by atoms with van der Waals surface area (Å²) in [5.74, 6) is -0.950. The summed E-state index contributed by atoms with van der Waals surface area (Å²) in [6, 6.07) is 7.03. The Labute approximate surface area is 124 Å². The molecule has 0 radical (unpaired) electrons. The van der Waals surface area contributed by atoms with E-state index in [0.29, 0.717) is 24.1 Å². The summed E-state index contributed by atoms with van der Waals surface area (Å²) in [4.78, 5) is 26.1. The van der Waals surface area contributed by atoms with Gasteiger partial charge in [0.15, 0.2) is 0 Å². The number of nitriles is 1. The lowest BCUT2D eigenvalue weighted by atomic mass is 9.85. The fourth-order valence-electron chi connectivity index (χ4n) is 2.82. The molecule has 1 aliphatic heterocycles. The van der Waals surface area contributed by atoms with Gasteiger partial charge in [-0.15, -0.1) is 0 Å². The van der Waals surface area contributed by atoms with Gasteiger partial charge in [-0.3, -0.25) is 9.59 Å². The molecule has 1 saturated heterocycles. The molecule has 0 bridgehead atoms. The number of rotatable bonds is 1. The van der Waals surface area contributed by atoms with E-state index in [2.05, 4.69) is 15.9 Å². The van der Waals surface area contributed by atoms with Crippen LogP contribution in [0.3, 0.4) is 0 Å². The van der Waals surface area contributed by atoms with Crippen molar-refractivity contribution in [2.45, 2.75) is 12.8 Å². The lowest BCUT2D eigenvalue weighted by Crippen LogP contribution is -2.31. The molecule has 5 heteroatoms. The summed E-state index contributed by atoms with van der Waals surface area (Å²) in [6.07, 6.45) is 5.09. The molecule has 2 aliphatic rings. The first-order valence-corrected chi connectivity index (χ1v) is 7.15. The topological polar surface area (TPSA) is 61.2 Å². The van der Waals surface area contributed by atoms with Gasteiger partial charge in [0.25, 0.3) is 0 Å². The molecule has 4 nitrogen and oxygen atoms in total. The van der Waals surface area contributed by atoms with Gasteiger partial charge in [-0.2, -0.15) is 5.26 Å². The van der Waals surface area contributed by atoms with Crippen LogP contribution in [0.4, 0.5) is 5.69 Å². The van der Waals surface area contributed by atoms with Crippen molar-refractivity contribution in [2.75, 3.05) is 4.90 Å². The first kappa shape index (κ1) is 13.1. The number of carbonyl (C=O) groups is 2. The van der Waals surface area contributed by atoms with E-state index < -0.39 is 0 Å². The maximum atomic E-state index is 12.5. The Bertz CT molecular complexity index is 649. The average Bonchev–Trinajstić information content (AvgIpc) is 2.71. The number of fused-ring (bicyclic) bond motifs is 1. The maximum absolute atomic E-state index is 12.5. The van der Waals surface area contributed by atoms with E-state index in [-0.39, 0.29) is 23.7 Å². The van der Waals surface area contributed by atoms with Gasteiger partial charge in [0, 0.05) is 4.47 Å². The van der Waals surface area contributed by atoms with Gasteiger partial charge in [0.2, 0.25) is 11.8 Å². The molecule has 0 spiro atoms. The minimum Gasteiger partial charge on any atom is -0.274 e. The summed E-state index contributed by atoms with van der Waals surface area (Å²) in [7, 11) is 0. The predicted molar refractivity (Wildman–Crippen MR) is 76.7 cm³/mol. The predicted octanol–water partition coefficient (Wildman–Crippen LogP) is 2.78. The van der Waals surface area contributed by atoms with Crippen molar-refractivity contribution in [3.05, 3.63) is 40.4 Å². The SMILES string of the molecule is N#Cc1ccc(Br)cc1N1C(=O)C2CC=CCC2C1=O. The van der Waals surface area contributed by atoms with Crippen LogP contribution in [0.25, 0.3) is 0 Å². The van der Waals surface area contributed by atoms with Crippen LogP contribution in [0.1, 0.15) is 18.4 Å². The molecule has 0 N–H and O–H groups in total. The normalized spacial score (nSPS) is 24.7. The number of imide groups is 1. The molecule has 1 fully saturated rings. The van der Waals surface area contributed by atoms with Crippen LogP contribution in [-0.4, -0.2) is 11.8 Å². The highest BCUT2D eigenvalue weighted by Gasteiger charge is 2.48. The van der Waals surface area contributed by atoms with Crippen molar-refractivity contribution < 1.29 is 9.59 Å². The number of hydrogen-bond acceptors (Lipinski definition) is 3. The van der Waals surface area contributed by atoms with E-state index in [1.165, 1.54) is 4.90 Å². The van der Waals surface area contributed by atoms with Crippen molar-refractivity contribution in [1.82, 2.24) is 0 Å². The molecule has 1 heterocycles. The molecular formula is C15H11BrN2O2. The Morgan fingerprint density at radius 1 is 1.15 bits per heavy atom. The molecule has 2 atom stereocenters. The van der Waals surface area contributed by atoms with Crippen LogP contribution in [0.15, 0.2) is 34.8 Å². The third-order valence-electron chi connectivity index (χ3n) is 3.83. The van der Waals surface area contributed by atoms with E-state index in [0.717, 1.165) is 4.47 Å². The van der Waals surface area contributed by atoms with Crippen molar-refractivity contribution >= 4 is 33.4 Å². The summed E-state index contributed by atoms with van der Waals surface area (Å²) >= 11 is 3.32. The molecule has 2 amide bonds. The first-order chi connectivity index (χ1) is 9.63. The van der Waals surface area contributed by atoms with E-state index in [9.17, 15) is 14.9 Å². The number of hydrogen-bond donors (Lipinski definition) is 0. The average molecular weight is 331 g/mol. The van der Waals surface area contributed by atoms with Crippen LogP contribution in [-0.2, 0) is 9.59 Å². The zero-order chi connectivity index (χ0) is 14.3. The second-order valence-electron chi connectivity index (χ2n) is 4.94. The molecule has 20 heavy (non-hydrogen) atoms. The Balaban J connectivity index is 2.08. The molecule has 0 aromatic heterocycles. The standard InChI is InChI=1S/C15H11BrN2O2/c16-10-6-5-9(8-17)13(7-10)18-14(19)11-3-1-2-4-12(11)15(18)20/h1-2,5-7,11-12H,3-4H2. The molecule has 1 aromatic rings. The Morgan fingerprint density at radius 3 is 2.30 bits per heavy atom. The highest BCUT2D eigenvalue weighted by atomic mass is 79.9. The zero-order valence-electron chi connectivity index (χ0n) is 10.5. The van der Waals surface area contributed by atoms with Crippen molar-refractivity contribution in [2.24, 2.45) is 11.8 Å². The number of nitrogens with zero attached hydrogens (tertiary/aromatic N) is 2. The lowest BCUT2D eigenvalue weighted by Gasteiger charge is -2.16. The second-order valence-corrected chi connectivity index (χ2v) is 5.86. The third-order valence-corrected chi connectivity index (χ3v) is 4.32. The van der Waals surface area contributed by atoms with Gasteiger partial charge in [0.1, 0.15) is 6.07 Å². The molecule has 1 aromatic carbocycles. The van der Waals surface area contributed by atoms with Gasteiger partial charge in [-0.25, -0.2) is 4.90 Å². The Kier molecular flexibility index (Phi) is 3.19. The van der Waals surface area contributed by atoms with Crippen LogP contribution < -0.4 is 4.90 Å². The number of carbonyl (C=O) groups excluding carboxylic acids is 2. The summed E-state index contributed by atoms with van der Waals surface area (Å²) in [6.45, 7) is 0. The van der Waals surface area contributed by atoms with E-state index in [1.54, 1.807) is 18.2 Å². The molecule has 0 saturated carbocycles. The quantitative estimate of drug-likeness (QED) is 0.587. The Morgan fingerprint density at radius 2 is 1.75 bits per heavy atom. The largest absolute Gasteiger partial charge is 0.274 e. The molecular weight excluding hydrogens is 320 g/mol. The monoisotopic (exact) mass is 330 g/mol. The van der Waals surface area contributed by atoms with Crippen LogP contribution in [0, 0.1) is 23.2 Å². The summed E-state index contributed by atoms with van der Waals surface area (Å²) in [5, 5.41) is 9.17. The first-order valence-electron chi connectivity index (χ1n) is 6.36. The van der Waals surface area contributed by atoms with Crippen molar-refractivity contribution in [3.63, 3.8) is 0 Å². The van der Waals surface area contributed by atoms with Crippen LogP contribution >= 0.6 is 15.9 Å². The van der Waals surface area contributed by atoms with Crippen molar-refractivity contribution in [3.8, 4) is 6.07 Å². The third kappa shape index (κ3) is 1.88. The molecule has 100 valence electrons. The van der Waals surface area contributed by atoms with Crippen molar-refractivity contribution in [1.29, 1.82) is 5.26 Å². The molecule has 1 aliphatic carbocycles. The zero-order valence-corrected chi connectivity index (χ0v) is 12.1. The number of anilines is 1. The maximum Gasteiger partial charge on any atom is 0.238 e. The second kappa shape index (κ2) is 4.88. The molecule has 2 unspecified atom stereocenters. The highest BCUT2D eigenvalue weighted by Crippen LogP contribution is 2.39. The highest BCUT2D eigenvalue weighted by molar-refractivity contribution is 9.10. The lowest BCUT2D eigenvalue weighted by molar-refractivity contribution is -0.122. The van der Waals surface area contributed by atoms with Crippen LogP contribution in [0.5, 0.6) is 0 Å². The minimum absolute atomic E-state index is 0.195. The number of benzene rings is 1. The summed E-state index contributed by atoms with van der Waals surface area (Å²) < 4.78 is 0.736. The summed E-state index contributed by atoms with van der Waals surface area (Å²) in [5.41, 5.74) is 0.716. The van der Waals surface area contributed by atoms with Crippen LogP contribution in [0.2, 0.25) is 0 Å². The van der Waals surface area contributed by atoms with Gasteiger partial charge in [0.05, 0.1) is 23.1 Å². The van der Waals surface area contributed by atoms with E-state index in [4.69, 9.17) is 0 Å².